The first-order valence-electron chi connectivity index (χ1n) is 11.5. The summed E-state index contributed by atoms with van der Waals surface area (Å²) in [5, 5.41) is 16.3. The Morgan fingerprint density at radius 3 is 2.74 bits per heavy atom. The Hall–Kier alpha value is -2.34. The lowest BCUT2D eigenvalue weighted by molar-refractivity contribution is -0.136. The summed E-state index contributed by atoms with van der Waals surface area (Å²) in [4.78, 5) is 33.1. The maximum absolute atomic E-state index is 13.3. The lowest BCUT2D eigenvalue weighted by Crippen LogP contribution is -2.47. The van der Waals surface area contributed by atoms with Gasteiger partial charge < -0.3 is 24.4 Å². The smallest absolute Gasteiger partial charge is 0.322 e. The Labute approximate surface area is 215 Å². The van der Waals surface area contributed by atoms with E-state index >= 15 is 0 Å². The largest absolute Gasteiger partial charge is 0.480 e. The van der Waals surface area contributed by atoms with Crippen LogP contribution in [0.5, 0.6) is 0 Å². The lowest BCUT2D eigenvalue weighted by atomic mass is 10.0. The molecule has 2 aliphatic heterocycles. The highest BCUT2D eigenvalue weighted by Gasteiger charge is 2.37. The number of carboxylic acids is 1. The molecule has 5 heterocycles. The van der Waals surface area contributed by atoms with Gasteiger partial charge in [0.05, 0.1) is 27.1 Å². The molecule has 1 atom stereocenters. The molecule has 0 spiro atoms. The van der Waals surface area contributed by atoms with Crippen LogP contribution in [-0.4, -0.2) is 61.8 Å². The van der Waals surface area contributed by atoms with Gasteiger partial charge in [0.15, 0.2) is 11.6 Å². The fourth-order valence-electron chi connectivity index (χ4n) is 4.60. The number of imidazole rings is 1. The molecule has 0 radical (unpaired) electrons. The minimum atomic E-state index is -0.947. The third-order valence-corrected chi connectivity index (χ3v) is 8.88. The zero-order valence-electron chi connectivity index (χ0n) is 19.4. The number of nitrogens with one attached hydrogen (secondary N) is 1. The summed E-state index contributed by atoms with van der Waals surface area (Å²) in [6.07, 6.45) is 1.74. The van der Waals surface area contributed by atoms with Crippen molar-refractivity contribution in [2.24, 2.45) is 0 Å². The number of carboxylic acid groups (broad SMARTS) is 1. The number of nitrogens with zero attached hydrogens (tertiary/aromatic N) is 4. The Bertz CT molecular complexity index is 1240. The summed E-state index contributed by atoms with van der Waals surface area (Å²) in [7, 11) is 0. The van der Waals surface area contributed by atoms with Gasteiger partial charge in [-0.25, -0.2) is 4.98 Å². The molecule has 1 unspecified atom stereocenters. The van der Waals surface area contributed by atoms with Crippen molar-refractivity contribution in [3.05, 3.63) is 45.4 Å². The van der Waals surface area contributed by atoms with Crippen LogP contribution in [0, 0.1) is 0 Å². The highest BCUT2D eigenvalue weighted by molar-refractivity contribution is 7.99. The molecule has 35 heavy (non-hydrogen) atoms. The molecule has 1 fully saturated rings. The van der Waals surface area contributed by atoms with Crippen LogP contribution in [0.1, 0.15) is 59.6 Å². The highest BCUT2D eigenvalue weighted by Crippen LogP contribution is 2.42. The molecule has 5 rings (SSSR count). The van der Waals surface area contributed by atoms with Crippen molar-refractivity contribution in [1.82, 2.24) is 24.9 Å². The Morgan fingerprint density at radius 2 is 2.09 bits per heavy atom. The van der Waals surface area contributed by atoms with E-state index in [4.69, 9.17) is 16.1 Å². The first-order valence-corrected chi connectivity index (χ1v) is 13.7. The Kier molecular flexibility index (Phi) is 6.93. The van der Waals surface area contributed by atoms with E-state index in [1.807, 2.05) is 6.07 Å². The molecule has 1 amide bonds. The van der Waals surface area contributed by atoms with Crippen LogP contribution in [0.4, 0.5) is 0 Å². The normalized spacial score (nSPS) is 18.8. The van der Waals surface area contributed by atoms with E-state index in [-0.39, 0.29) is 24.3 Å². The molecule has 186 valence electrons. The Morgan fingerprint density at radius 1 is 1.31 bits per heavy atom. The summed E-state index contributed by atoms with van der Waals surface area (Å²) < 4.78 is 7.83. The molecule has 0 saturated carbocycles. The summed E-state index contributed by atoms with van der Waals surface area (Å²) in [5.41, 5.74) is 1.76. The number of aromatic nitrogens is 3. The van der Waals surface area contributed by atoms with Crippen molar-refractivity contribution in [2.75, 3.05) is 13.1 Å². The molecule has 0 aliphatic carbocycles. The number of aliphatic carboxylic acids is 1. The second-order valence-corrected chi connectivity index (χ2v) is 11.9. The number of thiophene rings is 1. The van der Waals surface area contributed by atoms with Gasteiger partial charge in [0, 0.05) is 37.0 Å². The molecule has 0 aromatic carbocycles. The van der Waals surface area contributed by atoms with Crippen LogP contribution >= 0.6 is 34.7 Å². The standard InChI is InChI=1S/C23H26ClN5O4S2/c1-12(2)28-7-5-13(6-8-28)25-22(30)21-26-15-11-34-20(23(31)32)19(15)29(21)10-14-9-16(33-27-14)17-3-4-18(24)35-17/h3-4,9,12-13,20H,5-8,10-11H2,1-2H3,(H,25,30)(H,31,32). The number of rotatable bonds is 7. The van der Waals surface area contributed by atoms with Crippen LogP contribution in [-0.2, 0) is 17.1 Å². The van der Waals surface area contributed by atoms with E-state index in [2.05, 4.69) is 34.2 Å². The number of halogens is 1. The van der Waals surface area contributed by atoms with E-state index in [1.54, 1.807) is 16.7 Å². The van der Waals surface area contributed by atoms with Crippen LogP contribution in [0.15, 0.2) is 22.7 Å². The number of thioether (sulfide) groups is 1. The number of hydrogen-bond acceptors (Lipinski definition) is 8. The number of carbonyl (C=O) groups excluding carboxylic acids is 1. The van der Waals surface area contributed by atoms with Crippen molar-refractivity contribution in [3.63, 3.8) is 0 Å². The molecular formula is C23H26ClN5O4S2. The van der Waals surface area contributed by atoms with Gasteiger partial charge in [0.2, 0.25) is 0 Å². The molecule has 12 heteroatoms. The van der Waals surface area contributed by atoms with Crippen molar-refractivity contribution in [2.45, 2.75) is 56.3 Å². The number of amides is 1. The molecule has 1 saturated heterocycles. The fraction of sp³-hybridized carbons (Fsp3) is 0.478. The topological polar surface area (TPSA) is 113 Å². The molecule has 3 aromatic rings. The van der Waals surface area contributed by atoms with Crippen LogP contribution < -0.4 is 5.32 Å². The molecule has 0 bridgehead atoms. The predicted octanol–water partition coefficient (Wildman–Crippen LogP) is 4.28. The third-order valence-electron chi connectivity index (χ3n) is 6.44. The number of piperidine rings is 1. The first kappa shape index (κ1) is 24.4. The van der Waals surface area contributed by atoms with Crippen LogP contribution in [0.2, 0.25) is 4.34 Å². The van der Waals surface area contributed by atoms with Crippen molar-refractivity contribution in [1.29, 1.82) is 0 Å². The van der Waals surface area contributed by atoms with E-state index in [0.717, 1.165) is 30.8 Å². The van der Waals surface area contributed by atoms with Gasteiger partial charge in [-0.2, -0.15) is 0 Å². The summed E-state index contributed by atoms with van der Waals surface area (Å²) in [5.74, 6) is 0.00369. The predicted molar refractivity (Wildman–Crippen MR) is 135 cm³/mol. The lowest BCUT2D eigenvalue weighted by Gasteiger charge is -2.34. The van der Waals surface area contributed by atoms with E-state index in [1.165, 1.54) is 23.1 Å². The zero-order valence-corrected chi connectivity index (χ0v) is 21.8. The second kappa shape index (κ2) is 9.96. The molecule has 2 N–H and O–H groups in total. The minimum Gasteiger partial charge on any atom is -0.480 e. The maximum atomic E-state index is 13.3. The maximum Gasteiger partial charge on any atom is 0.322 e. The zero-order chi connectivity index (χ0) is 24.7. The monoisotopic (exact) mass is 535 g/mol. The molecule has 2 aliphatic rings. The van der Waals surface area contributed by atoms with Crippen molar-refractivity contribution >= 4 is 46.6 Å². The number of likely N-dealkylation sites (tertiary alicyclic amines) is 1. The number of fused-ring (bicyclic) bond motifs is 1. The van der Waals surface area contributed by atoms with E-state index in [0.29, 0.717) is 39.0 Å². The summed E-state index contributed by atoms with van der Waals surface area (Å²) >= 11 is 8.72. The minimum absolute atomic E-state index is 0.0596. The average Bonchev–Trinajstić information content (AvgIpc) is 3.59. The highest BCUT2D eigenvalue weighted by atomic mass is 35.5. The van der Waals surface area contributed by atoms with Crippen molar-refractivity contribution in [3.8, 4) is 10.6 Å². The fourth-order valence-corrected chi connectivity index (χ4v) is 6.69. The van der Waals surface area contributed by atoms with Crippen LogP contribution in [0.25, 0.3) is 10.6 Å². The summed E-state index contributed by atoms with van der Waals surface area (Å²) in [6.45, 7) is 6.40. The van der Waals surface area contributed by atoms with Gasteiger partial charge in [0.1, 0.15) is 10.9 Å². The molecular weight excluding hydrogens is 510 g/mol. The molecule has 9 nitrogen and oxygen atoms in total. The quantitative estimate of drug-likeness (QED) is 0.461. The van der Waals surface area contributed by atoms with Gasteiger partial charge in [-0.1, -0.05) is 16.8 Å². The number of carbonyl (C=O) groups is 2. The van der Waals surface area contributed by atoms with Crippen LogP contribution in [0.3, 0.4) is 0 Å². The van der Waals surface area contributed by atoms with Gasteiger partial charge in [0.25, 0.3) is 5.91 Å². The second-order valence-electron chi connectivity index (χ2n) is 9.05. The van der Waals surface area contributed by atoms with Gasteiger partial charge in [-0.15, -0.1) is 23.1 Å². The Balaban J connectivity index is 1.40. The van der Waals surface area contributed by atoms with Gasteiger partial charge in [-0.05, 0) is 38.8 Å². The SMILES string of the molecule is CC(C)N1CCC(NC(=O)c2nc3c(n2Cc2cc(-c4ccc(Cl)s4)on2)C(C(=O)O)SC3)CC1. The van der Waals surface area contributed by atoms with E-state index in [9.17, 15) is 14.7 Å². The average molecular weight is 536 g/mol. The first-order chi connectivity index (χ1) is 16.8. The van der Waals surface area contributed by atoms with Gasteiger partial charge >= 0.3 is 5.97 Å². The van der Waals surface area contributed by atoms with Crippen molar-refractivity contribution < 1.29 is 19.2 Å². The van der Waals surface area contributed by atoms with Gasteiger partial charge in [-0.3, -0.25) is 9.59 Å². The number of hydrogen-bond donors (Lipinski definition) is 2. The molecule has 3 aromatic heterocycles. The third kappa shape index (κ3) is 5.00. The summed E-state index contributed by atoms with van der Waals surface area (Å²) in [6, 6.07) is 5.97. The van der Waals surface area contributed by atoms with E-state index < -0.39 is 11.2 Å².